The number of fused-ring (bicyclic) bond motifs is 1. The maximum Gasteiger partial charge on any atom is 0.290 e. The monoisotopic (exact) mass is 472 g/mol. The van der Waals surface area contributed by atoms with E-state index in [0.717, 1.165) is 30.4 Å². The van der Waals surface area contributed by atoms with Crippen molar-refractivity contribution in [2.24, 2.45) is 0 Å². The molecule has 2 N–H and O–H groups in total. The van der Waals surface area contributed by atoms with E-state index < -0.39 is 6.04 Å². The molecule has 3 heterocycles. The maximum atomic E-state index is 13.5. The largest absolute Gasteiger partial charge is 0.459 e. The Hall–Kier alpha value is -3.42. The van der Waals surface area contributed by atoms with E-state index in [4.69, 9.17) is 4.42 Å². The molecule has 3 unspecified atom stereocenters. The van der Waals surface area contributed by atoms with E-state index in [2.05, 4.69) is 35.1 Å². The lowest BCUT2D eigenvalue weighted by molar-refractivity contribution is -0.135. The van der Waals surface area contributed by atoms with Gasteiger partial charge in [0.2, 0.25) is 5.91 Å². The lowest BCUT2D eigenvalue weighted by atomic mass is 9.93. The zero-order chi connectivity index (χ0) is 24.2. The van der Waals surface area contributed by atoms with Crippen LogP contribution < -0.4 is 10.9 Å². The van der Waals surface area contributed by atoms with E-state index in [-0.39, 0.29) is 17.6 Å². The summed E-state index contributed by atoms with van der Waals surface area (Å²) >= 11 is 0. The number of hydrogen-bond donors (Lipinski definition) is 2. The smallest absolute Gasteiger partial charge is 0.290 e. The first-order valence-electron chi connectivity index (χ1n) is 12.3. The molecule has 7 heteroatoms. The van der Waals surface area contributed by atoms with Crippen LogP contribution in [0.2, 0.25) is 0 Å². The lowest BCUT2D eigenvalue weighted by Crippen LogP contribution is -2.53. The standard InChI is InChI=1S/C28H32N4O3/c1-31(15-7-13-23-18-24(30-29-23)20-9-3-2-4-10-20)27(33)25-17-21-11-5-6-12-22(21)19-32(25)28(34)26-14-8-16-35-26/h2-6,8-12,14,16,23-25,29-30H,7,13,15,17-19H2,1H3. The summed E-state index contributed by atoms with van der Waals surface area (Å²) in [4.78, 5) is 30.2. The highest BCUT2D eigenvalue weighted by Crippen LogP contribution is 2.27. The zero-order valence-electron chi connectivity index (χ0n) is 20.0. The molecule has 0 radical (unpaired) electrons. The molecule has 3 aromatic rings. The van der Waals surface area contributed by atoms with Gasteiger partial charge in [-0.2, -0.15) is 0 Å². The quantitative estimate of drug-likeness (QED) is 0.548. The van der Waals surface area contributed by atoms with Crippen molar-refractivity contribution in [1.29, 1.82) is 0 Å². The van der Waals surface area contributed by atoms with Gasteiger partial charge in [-0.1, -0.05) is 54.6 Å². The summed E-state index contributed by atoms with van der Waals surface area (Å²) in [5, 5.41) is 0. The summed E-state index contributed by atoms with van der Waals surface area (Å²) in [5.41, 5.74) is 10.3. The van der Waals surface area contributed by atoms with Crippen LogP contribution in [0.3, 0.4) is 0 Å². The van der Waals surface area contributed by atoms with Crippen molar-refractivity contribution in [2.75, 3.05) is 13.6 Å². The van der Waals surface area contributed by atoms with E-state index in [1.165, 1.54) is 11.8 Å². The number of hydrogen-bond acceptors (Lipinski definition) is 5. The number of carbonyl (C=O) groups is 2. The number of nitrogens with one attached hydrogen (secondary N) is 2. The van der Waals surface area contributed by atoms with E-state index in [0.29, 0.717) is 31.6 Å². The van der Waals surface area contributed by atoms with Crippen LogP contribution >= 0.6 is 0 Å². The summed E-state index contributed by atoms with van der Waals surface area (Å²) in [5.74, 6) is -0.0128. The molecule has 0 spiro atoms. The van der Waals surface area contributed by atoms with Crippen LogP contribution in [0.25, 0.3) is 0 Å². The van der Waals surface area contributed by atoms with Gasteiger partial charge in [-0.15, -0.1) is 0 Å². The first-order chi connectivity index (χ1) is 17.1. The molecule has 0 saturated carbocycles. The normalized spacial score (nSPS) is 21.5. The molecule has 3 atom stereocenters. The van der Waals surface area contributed by atoms with Crippen molar-refractivity contribution in [3.63, 3.8) is 0 Å². The average Bonchev–Trinajstić information content (AvgIpc) is 3.60. The van der Waals surface area contributed by atoms with Gasteiger partial charge < -0.3 is 14.2 Å². The van der Waals surface area contributed by atoms with E-state index in [9.17, 15) is 9.59 Å². The summed E-state index contributed by atoms with van der Waals surface area (Å²) in [7, 11) is 1.84. The third-order valence-corrected chi connectivity index (χ3v) is 7.13. The van der Waals surface area contributed by atoms with Crippen molar-refractivity contribution >= 4 is 11.8 Å². The van der Waals surface area contributed by atoms with Gasteiger partial charge in [0, 0.05) is 38.6 Å². The van der Waals surface area contributed by atoms with Crippen LogP contribution in [-0.4, -0.2) is 47.3 Å². The van der Waals surface area contributed by atoms with Crippen molar-refractivity contribution in [1.82, 2.24) is 20.7 Å². The molecule has 2 amide bonds. The van der Waals surface area contributed by atoms with Crippen molar-refractivity contribution < 1.29 is 14.0 Å². The number of furan rings is 1. The average molecular weight is 473 g/mol. The molecule has 1 fully saturated rings. The third-order valence-electron chi connectivity index (χ3n) is 7.13. The Morgan fingerprint density at radius 3 is 2.54 bits per heavy atom. The molecule has 1 aromatic heterocycles. The highest BCUT2D eigenvalue weighted by Gasteiger charge is 2.37. The molecular weight excluding hydrogens is 440 g/mol. The fraction of sp³-hybridized carbons (Fsp3) is 0.357. The first-order valence-corrected chi connectivity index (χ1v) is 12.3. The molecule has 2 aliphatic heterocycles. The molecule has 2 aliphatic rings. The van der Waals surface area contributed by atoms with Crippen LogP contribution in [0.4, 0.5) is 0 Å². The van der Waals surface area contributed by atoms with Crippen LogP contribution in [0.15, 0.2) is 77.4 Å². The fourth-order valence-corrected chi connectivity index (χ4v) is 5.15. The van der Waals surface area contributed by atoms with Gasteiger partial charge in [0.1, 0.15) is 6.04 Å². The summed E-state index contributed by atoms with van der Waals surface area (Å²) in [6.45, 7) is 1.05. The van der Waals surface area contributed by atoms with Gasteiger partial charge in [-0.05, 0) is 48.1 Å². The van der Waals surface area contributed by atoms with Gasteiger partial charge in [0.15, 0.2) is 5.76 Å². The van der Waals surface area contributed by atoms with E-state index >= 15 is 0 Å². The number of likely N-dealkylation sites (N-methyl/N-ethyl adjacent to an activating group) is 1. The molecule has 1 saturated heterocycles. The predicted octanol–water partition coefficient (Wildman–Crippen LogP) is 3.69. The number of rotatable bonds is 7. The minimum atomic E-state index is -0.541. The molecular formula is C28H32N4O3. The zero-order valence-corrected chi connectivity index (χ0v) is 20.0. The number of amides is 2. The molecule has 0 bridgehead atoms. The molecule has 5 rings (SSSR count). The van der Waals surface area contributed by atoms with Gasteiger partial charge in [-0.3, -0.25) is 20.4 Å². The maximum absolute atomic E-state index is 13.5. The van der Waals surface area contributed by atoms with Gasteiger partial charge in [0.05, 0.1) is 6.26 Å². The Morgan fingerprint density at radius 2 is 1.77 bits per heavy atom. The number of benzene rings is 2. The van der Waals surface area contributed by atoms with Crippen LogP contribution in [0.5, 0.6) is 0 Å². The SMILES string of the molecule is CN(CCCC1CC(c2ccccc2)NN1)C(=O)C1Cc2ccccc2CN1C(=O)c1ccco1. The van der Waals surface area contributed by atoms with Gasteiger partial charge in [-0.25, -0.2) is 0 Å². The number of nitrogens with zero attached hydrogens (tertiary/aromatic N) is 2. The van der Waals surface area contributed by atoms with E-state index in [1.54, 1.807) is 21.9 Å². The minimum absolute atomic E-state index is 0.0286. The Morgan fingerprint density at radius 1 is 1.00 bits per heavy atom. The second kappa shape index (κ2) is 10.5. The van der Waals surface area contributed by atoms with Crippen LogP contribution in [0, 0.1) is 0 Å². The summed E-state index contributed by atoms with van der Waals surface area (Å²) in [6.07, 6.45) is 4.88. The first kappa shape index (κ1) is 23.3. The predicted molar refractivity (Wildman–Crippen MR) is 133 cm³/mol. The Bertz CT molecular complexity index is 1150. The van der Waals surface area contributed by atoms with Gasteiger partial charge in [0.25, 0.3) is 5.91 Å². The van der Waals surface area contributed by atoms with Gasteiger partial charge >= 0.3 is 0 Å². The van der Waals surface area contributed by atoms with Crippen molar-refractivity contribution in [3.8, 4) is 0 Å². The Kier molecular flexibility index (Phi) is 6.97. The molecule has 35 heavy (non-hydrogen) atoms. The second-order valence-electron chi connectivity index (χ2n) is 9.49. The van der Waals surface area contributed by atoms with E-state index in [1.807, 2.05) is 37.4 Å². The molecule has 182 valence electrons. The lowest BCUT2D eigenvalue weighted by Gasteiger charge is -2.37. The summed E-state index contributed by atoms with van der Waals surface area (Å²) in [6, 6.07) is 22.0. The number of carbonyl (C=O) groups excluding carboxylic acids is 2. The molecule has 2 aromatic carbocycles. The summed E-state index contributed by atoms with van der Waals surface area (Å²) < 4.78 is 5.36. The highest BCUT2D eigenvalue weighted by molar-refractivity contribution is 5.96. The minimum Gasteiger partial charge on any atom is -0.459 e. The molecule has 0 aliphatic carbocycles. The second-order valence-corrected chi connectivity index (χ2v) is 9.49. The van der Waals surface area contributed by atoms with Crippen molar-refractivity contribution in [2.45, 2.75) is 50.4 Å². The fourth-order valence-electron chi connectivity index (χ4n) is 5.15. The van der Waals surface area contributed by atoms with Crippen molar-refractivity contribution in [3.05, 3.63) is 95.4 Å². The Balaban J connectivity index is 1.19. The van der Waals surface area contributed by atoms with Crippen LogP contribution in [0.1, 0.15) is 52.5 Å². The molecule has 7 nitrogen and oxygen atoms in total. The third kappa shape index (κ3) is 5.16. The highest BCUT2D eigenvalue weighted by atomic mass is 16.3. The topological polar surface area (TPSA) is 77.8 Å². The number of hydrazine groups is 1. The Labute approximate surface area is 206 Å². The van der Waals surface area contributed by atoms with Crippen LogP contribution in [-0.2, 0) is 17.8 Å².